The van der Waals surface area contributed by atoms with Crippen LogP contribution in [0, 0.1) is 6.92 Å². The van der Waals surface area contributed by atoms with Gasteiger partial charge in [-0.15, -0.1) is 0 Å². The third kappa shape index (κ3) is 3.12. The molecule has 2 atom stereocenters. The molecule has 1 amide bonds. The van der Waals surface area contributed by atoms with Gasteiger partial charge in [-0.25, -0.2) is 4.98 Å². The number of hydrogen-bond donors (Lipinski definition) is 0. The Balaban J connectivity index is 1.89. The normalized spacial score (nSPS) is 21.6. The van der Waals surface area contributed by atoms with Crippen molar-refractivity contribution in [2.45, 2.75) is 39.5 Å². The highest BCUT2D eigenvalue weighted by atomic mass is 16.5. The lowest BCUT2D eigenvalue weighted by Crippen LogP contribution is -2.49. The first-order chi connectivity index (χ1) is 11.0. The Morgan fingerprint density at radius 2 is 1.91 bits per heavy atom. The number of benzene rings is 1. The van der Waals surface area contributed by atoms with Crippen LogP contribution in [0.4, 0.5) is 0 Å². The molecule has 6 heteroatoms. The predicted molar refractivity (Wildman–Crippen MR) is 87.3 cm³/mol. The highest BCUT2D eigenvalue weighted by Gasteiger charge is 2.26. The van der Waals surface area contributed by atoms with Crippen LogP contribution < -0.4 is 5.56 Å². The van der Waals surface area contributed by atoms with E-state index in [0.717, 1.165) is 0 Å². The van der Waals surface area contributed by atoms with Crippen LogP contribution in [0.5, 0.6) is 0 Å². The third-order valence-electron chi connectivity index (χ3n) is 4.12. The minimum absolute atomic E-state index is 0.00949. The average molecular weight is 315 g/mol. The summed E-state index contributed by atoms with van der Waals surface area (Å²) < 4.78 is 7.10. The Morgan fingerprint density at radius 3 is 2.61 bits per heavy atom. The van der Waals surface area contributed by atoms with Crippen LogP contribution in [0.3, 0.4) is 0 Å². The lowest BCUT2D eigenvalue weighted by Gasteiger charge is -2.35. The van der Waals surface area contributed by atoms with Crippen molar-refractivity contribution in [2.24, 2.45) is 0 Å². The lowest BCUT2D eigenvalue weighted by molar-refractivity contribution is -0.143. The van der Waals surface area contributed by atoms with Crippen molar-refractivity contribution in [3.63, 3.8) is 0 Å². The number of aromatic nitrogens is 2. The van der Waals surface area contributed by atoms with Crippen LogP contribution in [0.2, 0.25) is 0 Å². The van der Waals surface area contributed by atoms with Crippen molar-refractivity contribution < 1.29 is 9.53 Å². The highest BCUT2D eigenvalue weighted by molar-refractivity contribution is 5.79. The molecule has 3 rings (SSSR count). The van der Waals surface area contributed by atoms with Crippen molar-refractivity contribution in [2.75, 3.05) is 13.1 Å². The number of aryl methyl sites for hydroxylation is 1. The van der Waals surface area contributed by atoms with E-state index in [1.165, 1.54) is 4.57 Å². The molecule has 0 spiro atoms. The number of morpholine rings is 1. The molecule has 0 bridgehead atoms. The number of ether oxygens (including phenoxy) is 1. The summed E-state index contributed by atoms with van der Waals surface area (Å²) in [6.07, 6.45) is 0.0190. The number of amides is 1. The zero-order valence-corrected chi connectivity index (χ0v) is 13.7. The monoisotopic (exact) mass is 315 g/mol. The van der Waals surface area contributed by atoms with Gasteiger partial charge in [0.05, 0.1) is 23.1 Å². The van der Waals surface area contributed by atoms with Gasteiger partial charge in [0.2, 0.25) is 5.91 Å². The summed E-state index contributed by atoms with van der Waals surface area (Å²) in [5.74, 6) is 0.477. The van der Waals surface area contributed by atoms with Crippen molar-refractivity contribution in [1.29, 1.82) is 0 Å². The Morgan fingerprint density at radius 1 is 1.26 bits per heavy atom. The Labute approximate surface area is 134 Å². The van der Waals surface area contributed by atoms with E-state index >= 15 is 0 Å². The maximum absolute atomic E-state index is 12.6. The summed E-state index contributed by atoms with van der Waals surface area (Å²) in [7, 11) is 0. The highest BCUT2D eigenvalue weighted by Crippen LogP contribution is 2.12. The number of fused-ring (bicyclic) bond motifs is 1. The Kier molecular flexibility index (Phi) is 4.17. The summed E-state index contributed by atoms with van der Waals surface area (Å²) in [5.41, 5.74) is 0.489. The Bertz CT molecular complexity index is 789. The average Bonchev–Trinajstić information content (AvgIpc) is 2.50. The summed E-state index contributed by atoms with van der Waals surface area (Å²) >= 11 is 0. The molecule has 122 valence electrons. The molecular formula is C17H21N3O3. The topological polar surface area (TPSA) is 64.4 Å². The molecule has 0 N–H and O–H groups in total. The van der Waals surface area contributed by atoms with Gasteiger partial charge in [-0.05, 0) is 32.9 Å². The number of para-hydroxylation sites is 1. The van der Waals surface area contributed by atoms with Crippen LogP contribution in [-0.4, -0.2) is 45.7 Å². The zero-order chi connectivity index (χ0) is 16.6. The number of carbonyl (C=O) groups excluding carboxylic acids is 1. The molecule has 1 aromatic heterocycles. The molecule has 0 unspecified atom stereocenters. The van der Waals surface area contributed by atoms with E-state index in [4.69, 9.17) is 4.74 Å². The van der Waals surface area contributed by atoms with Gasteiger partial charge in [0.15, 0.2) is 0 Å². The molecule has 2 heterocycles. The van der Waals surface area contributed by atoms with E-state index in [2.05, 4.69) is 4.98 Å². The zero-order valence-electron chi connectivity index (χ0n) is 13.7. The van der Waals surface area contributed by atoms with E-state index in [9.17, 15) is 9.59 Å². The van der Waals surface area contributed by atoms with Gasteiger partial charge in [0.1, 0.15) is 12.4 Å². The lowest BCUT2D eigenvalue weighted by atomic mass is 10.2. The van der Waals surface area contributed by atoms with E-state index < -0.39 is 0 Å². The number of rotatable bonds is 2. The molecule has 6 nitrogen and oxygen atoms in total. The fourth-order valence-corrected chi connectivity index (χ4v) is 3.08. The van der Waals surface area contributed by atoms with Gasteiger partial charge in [-0.1, -0.05) is 12.1 Å². The summed E-state index contributed by atoms with van der Waals surface area (Å²) in [6.45, 7) is 6.78. The number of carbonyl (C=O) groups is 1. The largest absolute Gasteiger partial charge is 0.372 e. The molecule has 1 aliphatic rings. The molecule has 2 aromatic rings. The van der Waals surface area contributed by atoms with Crippen LogP contribution in [-0.2, 0) is 16.1 Å². The standard InChI is InChI=1S/C17H21N3O3/c1-11-8-19(9-12(2)23-11)16(21)10-20-13(3)18-15-7-5-4-6-14(15)17(20)22/h4-7,11-12H,8-10H2,1-3H3/t11-,12-/m1/s1. The molecule has 1 fully saturated rings. The van der Waals surface area contributed by atoms with Gasteiger partial charge in [-0.2, -0.15) is 0 Å². The minimum Gasteiger partial charge on any atom is -0.372 e. The molecular weight excluding hydrogens is 294 g/mol. The first-order valence-electron chi connectivity index (χ1n) is 7.85. The molecule has 1 aromatic carbocycles. The summed E-state index contributed by atoms with van der Waals surface area (Å²) in [4.78, 5) is 31.4. The fourth-order valence-electron chi connectivity index (χ4n) is 3.08. The van der Waals surface area contributed by atoms with Gasteiger partial charge in [0.25, 0.3) is 5.56 Å². The van der Waals surface area contributed by atoms with Gasteiger partial charge in [0, 0.05) is 13.1 Å². The number of hydrogen-bond acceptors (Lipinski definition) is 4. The van der Waals surface area contributed by atoms with E-state index in [-0.39, 0.29) is 30.2 Å². The van der Waals surface area contributed by atoms with Crippen LogP contribution >= 0.6 is 0 Å². The van der Waals surface area contributed by atoms with Crippen molar-refractivity contribution in [1.82, 2.24) is 14.5 Å². The fraction of sp³-hybridized carbons (Fsp3) is 0.471. The Hall–Kier alpha value is -2.21. The molecule has 23 heavy (non-hydrogen) atoms. The maximum atomic E-state index is 12.6. The second-order valence-electron chi connectivity index (χ2n) is 6.12. The molecule has 0 saturated carbocycles. The maximum Gasteiger partial charge on any atom is 0.261 e. The van der Waals surface area contributed by atoms with Crippen LogP contribution in [0.15, 0.2) is 29.1 Å². The SMILES string of the molecule is Cc1nc2ccccc2c(=O)n1CC(=O)N1C[C@@H](C)O[C@H](C)C1. The second-order valence-corrected chi connectivity index (χ2v) is 6.12. The third-order valence-corrected chi connectivity index (χ3v) is 4.12. The first-order valence-corrected chi connectivity index (χ1v) is 7.85. The van der Waals surface area contributed by atoms with Crippen molar-refractivity contribution in [3.8, 4) is 0 Å². The van der Waals surface area contributed by atoms with Gasteiger partial charge in [-0.3, -0.25) is 14.2 Å². The van der Waals surface area contributed by atoms with E-state index in [1.807, 2.05) is 19.9 Å². The molecule has 1 saturated heterocycles. The van der Waals surface area contributed by atoms with Gasteiger partial charge < -0.3 is 9.64 Å². The first kappa shape index (κ1) is 15.7. The smallest absolute Gasteiger partial charge is 0.261 e. The van der Waals surface area contributed by atoms with Crippen molar-refractivity contribution in [3.05, 3.63) is 40.4 Å². The van der Waals surface area contributed by atoms with Gasteiger partial charge >= 0.3 is 0 Å². The van der Waals surface area contributed by atoms with E-state index in [1.54, 1.807) is 30.0 Å². The van der Waals surface area contributed by atoms with Crippen LogP contribution in [0.1, 0.15) is 19.7 Å². The molecule has 0 radical (unpaired) electrons. The number of nitrogens with zero attached hydrogens (tertiary/aromatic N) is 3. The predicted octanol–water partition coefficient (Wildman–Crippen LogP) is 1.34. The molecule has 0 aliphatic carbocycles. The minimum atomic E-state index is -0.171. The summed E-state index contributed by atoms with van der Waals surface area (Å²) in [6, 6.07) is 7.20. The quantitative estimate of drug-likeness (QED) is 0.839. The van der Waals surface area contributed by atoms with Crippen molar-refractivity contribution >= 4 is 16.8 Å². The summed E-state index contributed by atoms with van der Waals surface area (Å²) in [5, 5.41) is 0.537. The molecule has 1 aliphatic heterocycles. The van der Waals surface area contributed by atoms with E-state index in [0.29, 0.717) is 29.8 Å². The second kappa shape index (κ2) is 6.12. The van der Waals surface area contributed by atoms with Crippen LogP contribution in [0.25, 0.3) is 10.9 Å².